The average molecular weight is 351 g/mol. The van der Waals surface area contributed by atoms with Crippen molar-refractivity contribution >= 4 is 17.7 Å². The molecule has 2 aliphatic heterocycles. The summed E-state index contributed by atoms with van der Waals surface area (Å²) in [7, 11) is 0. The zero-order chi connectivity index (χ0) is 17.3. The van der Waals surface area contributed by atoms with Crippen LogP contribution < -0.4 is 5.32 Å². The van der Waals surface area contributed by atoms with Gasteiger partial charge in [0.2, 0.25) is 0 Å². The number of amides is 1. The quantitative estimate of drug-likeness (QED) is 0.849. The van der Waals surface area contributed by atoms with Crippen molar-refractivity contribution in [3.63, 3.8) is 0 Å². The van der Waals surface area contributed by atoms with E-state index in [2.05, 4.69) is 5.32 Å². The van der Waals surface area contributed by atoms with Crippen LogP contribution in [0.4, 0.5) is 13.6 Å². The number of likely N-dealkylation sites (tertiary alicyclic amines) is 1. The number of halogens is 3. The Labute approximate surface area is 139 Å². The van der Waals surface area contributed by atoms with E-state index in [-0.39, 0.29) is 6.61 Å². The molecule has 0 saturated carbocycles. The molecule has 0 spiro atoms. The average Bonchev–Trinajstić information content (AvgIpc) is 2.71. The summed E-state index contributed by atoms with van der Waals surface area (Å²) in [6, 6.07) is -0.767. The van der Waals surface area contributed by atoms with Gasteiger partial charge < -0.3 is 14.8 Å². The van der Waals surface area contributed by atoms with Gasteiger partial charge in [-0.05, 0) is 39.1 Å². The maximum atomic E-state index is 13.7. The summed E-state index contributed by atoms with van der Waals surface area (Å²) in [4.78, 5) is 13.2. The van der Waals surface area contributed by atoms with Gasteiger partial charge >= 0.3 is 6.09 Å². The SMILES string of the molecule is CC(C)(C)OC(=O)N1CC(F)(F)C[C@@H]1COC1NC=CC=C1Cl. The lowest BCUT2D eigenvalue weighted by Gasteiger charge is -2.29. The largest absolute Gasteiger partial charge is 0.444 e. The van der Waals surface area contributed by atoms with E-state index in [1.165, 1.54) is 0 Å². The molecule has 0 radical (unpaired) electrons. The second-order valence-electron chi connectivity index (χ2n) is 6.61. The van der Waals surface area contributed by atoms with Crippen molar-refractivity contribution in [2.45, 2.75) is 51.0 Å². The normalized spacial score (nSPS) is 26.7. The van der Waals surface area contributed by atoms with Crippen LogP contribution in [-0.4, -0.2) is 47.9 Å². The number of ether oxygens (including phenoxy) is 2. The highest BCUT2D eigenvalue weighted by atomic mass is 35.5. The zero-order valence-corrected chi connectivity index (χ0v) is 14.1. The summed E-state index contributed by atoms with van der Waals surface area (Å²) in [6.07, 6.45) is 3.18. The van der Waals surface area contributed by atoms with E-state index in [1.54, 1.807) is 39.1 Å². The maximum Gasteiger partial charge on any atom is 0.410 e. The molecule has 130 valence electrons. The Bertz CT molecular complexity index is 517. The fourth-order valence-electron chi connectivity index (χ4n) is 2.37. The molecule has 5 nitrogen and oxygen atoms in total. The van der Waals surface area contributed by atoms with Crippen LogP contribution in [0.25, 0.3) is 0 Å². The molecule has 2 rings (SSSR count). The van der Waals surface area contributed by atoms with Crippen molar-refractivity contribution < 1.29 is 23.0 Å². The molecule has 2 heterocycles. The predicted molar refractivity (Wildman–Crippen MR) is 82.2 cm³/mol. The molecule has 0 aromatic rings. The molecule has 1 unspecified atom stereocenters. The third kappa shape index (κ3) is 5.07. The van der Waals surface area contributed by atoms with E-state index in [9.17, 15) is 13.6 Å². The molecule has 0 aromatic carbocycles. The van der Waals surface area contributed by atoms with Crippen molar-refractivity contribution in [1.29, 1.82) is 0 Å². The topological polar surface area (TPSA) is 50.8 Å². The summed E-state index contributed by atoms with van der Waals surface area (Å²) in [6.45, 7) is 4.33. The molecule has 0 aliphatic carbocycles. The van der Waals surface area contributed by atoms with Crippen LogP contribution >= 0.6 is 11.6 Å². The molecule has 2 atom stereocenters. The summed E-state index contributed by atoms with van der Waals surface area (Å²) >= 11 is 5.98. The predicted octanol–water partition coefficient (Wildman–Crippen LogP) is 3.21. The molecule has 8 heteroatoms. The van der Waals surface area contributed by atoms with Crippen LogP contribution in [0.2, 0.25) is 0 Å². The Morgan fingerprint density at radius 1 is 1.52 bits per heavy atom. The minimum Gasteiger partial charge on any atom is -0.444 e. The van der Waals surface area contributed by atoms with E-state index in [4.69, 9.17) is 21.1 Å². The molecule has 23 heavy (non-hydrogen) atoms. The second kappa shape index (κ2) is 6.65. The van der Waals surface area contributed by atoms with Crippen LogP contribution in [0.5, 0.6) is 0 Å². The Morgan fingerprint density at radius 2 is 2.22 bits per heavy atom. The lowest BCUT2D eigenvalue weighted by atomic mass is 10.2. The molecule has 0 bridgehead atoms. The summed E-state index contributed by atoms with van der Waals surface area (Å²) in [5.74, 6) is -2.95. The number of nitrogens with zero attached hydrogens (tertiary/aromatic N) is 1. The molecule has 1 N–H and O–H groups in total. The Morgan fingerprint density at radius 3 is 2.83 bits per heavy atom. The Kier molecular flexibility index (Phi) is 5.20. The van der Waals surface area contributed by atoms with Gasteiger partial charge in [0.05, 0.1) is 24.2 Å². The Hall–Kier alpha value is -1.34. The molecule has 1 fully saturated rings. The van der Waals surface area contributed by atoms with Crippen LogP contribution in [0, 0.1) is 0 Å². The van der Waals surface area contributed by atoms with Gasteiger partial charge in [0.15, 0.2) is 6.23 Å². The highest BCUT2D eigenvalue weighted by Gasteiger charge is 2.48. The standard InChI is InChI=1S/C15H21ClF2N2O3/c1-14(2,3)23-13(21)20-9-15(17,18)7-10(20)8-22-12-11(16)5-4-6-19-12/h4-6,10,12,19H,7-9H2,1-3H3/t10-,12?/m1/s1. The van der Waals surface area contributed by atoms with Crippen LogP contribution in [0.15, 0.2) is 23.4 Å². The minimum atomic E-state index is -2.95. The number of allylic oxidation sites excluding steroid dienone is 2. The van der Waals surface area contributed by atoms with Gasteiger partial charge in [0, 0.05) is 6.42 Å². The van der Waals surface area contributed by atoms with Gasteiger partial charge in [-0.25, -0.2) is 13.6 Å². The molecule has 1 amide bonds. The molecule has 1 saturated heterocycles. The minimum absolute atomic E-state index is 0.0651. The number of carbonyl (C=O) groups excluding carboxylic acids is 1. The van der Waals surface area contributed by atoms with Crippen molar-refractivity contribution in [1.82, 2.24) is 10.2 Å². The summed E-state index contributed by atoms with van der Waals surface area (Å²) < 4.78 is 38.2. The lowest BCUT2D eigenvalue weighted by Crippen LogP contribution is -2.43. The lowest BCUT2D eigenvalue weighted by molar-refractivity contribution is -0.00600. The molecule has 0 aromatic heterocycles. The molecular formula is C15H21ClF2N2O3. The van der Waals surface area contributed by atoms with E-state index < -0.39 is 42.9 Å². The van der Waals surface area contributed by atoms with Crippen LogP contribution in [-0.2, 0) is 9.47 Å². The van der Waals surface area contributed by atoms with Gasteiger partial charge in [-0.2, -0.15) is 0 Å². The van der Waals surface area contributed by atoms with Crippen molar-refractivity contribution in [3.05, 3.63) is 23.4 Å². The van der Waals surface area contributed by atoms with Crippen molar-refractivity contribution in [2.75, 3.05) is 13.2 Å². The number of carbonyl (C=O) groups is 1. The fraction of sp³-hybridized carbons (Fsp3) is 0.667. The van der Waals surface area contributed by atoms with Gasteiger partial charge in [-0.3, -0.25) is 4.90 Å². The van der Waals surface area contributed by atoms with E-state index in [0.717, 1.165) is 4.90 Å². The number of hydrogen-bond acceptors (Lipinski definition) is 4. The van der Waals surface area contributed by atoms with Gasteiger partial charge in [0.1, 0.15) is 5.60 Å². The van der Waals surface area contributed by atoms with Gasteiger partial charge in [-0.1, -0.05) is 11.6 Å². The van der Waals surface area contributed by atoms with E-state index in [1.807, 2.05) is 0 Å². The number of alkyl halides is 2. The molecular weight excluding hydrogens is 330 g/mol. The third-order valence-corrected chi connectivity index (χ3v) is 3.63. The first-order valence-electron chi connectivity index (χ1n) is 7.35. The number of nitrogens with one attached hydrogen (secondary N) is 1. The Balaban J connectivity index is 1.98. The van der Waals surface area contributed by atoms with Crippen molar-refractivity contribution in [3.8, 4) is 0 Å². The smallest absolute Gasteiger partial charge is 0.410 e. The monoisotopic (exact) mass is 350 g/mol. The fourth-order valence-corrected chi connectivity index (χ4v) is 2.56. The van der Waals surface area contributed by atoms with Crippen LogP contribution in [0.3, 0.4) is 0 Å². The van der Waals surface area contributed by atoms with Crippen molar-refractivity contribution in [2.24, 2.45) is 0 Å². The summed E-state index contributed by atoms with van der Waals surface area (Å²) in [5.41, 5.74) is -0.748. The maximum absolute atomic E-state index is 13.7. The number of rotatable bonds is 3. The number of hydrogen-bond donors (Lipinski definition) is 1. The zero-order valence-electron chi connectivity index (χ0n) is 13.3. The first kappa shape index (κ1) is 18.0. The summed E-state index contributed by atoms with van der Waals surface area (Å²) in [5, 5.41) is 3.29. The highest BCUT2D eigenvalue weighted by molar-refractivity contribution is 6.30. The van der Waals surface area contributed by atoms with E-state index >= 15 is 0 Å². The highest BCUT2D eigenvalue weighted by Crippen LogP contribution is 2.33. The van der Waals surface area contributed by atoms with E-state index in [0.29, 0.717) is 5.03 Å². The van der Waals surface area contributed by atoms with Gasteiger partial charge in [0.25, 0.3) is 5.92 Å². The second-order valence-corrected chi connectivity index (χ2v) is 7.05. The van der Waals surface area contributed by atoms with Crippen LogP contribution in [0.1, 0.15) is 27.2 Å². The van der Waals surface area contributed by atoms with Gasteiger partial charge in [-0.15, -0.1) is 0 Å². The number of dihydropyridines is 1. The molecule has 2 aliphatic rings. The first-order chi connectivity index (χ1) is 10.6. The third-order valence-electron chi connectivity index (χ3n) is 3.31. The first-order valence-corrected chi connectivity index (χ1v) is 7.72.